The SMILES string of the molecule is C=CC(=O)NC1CC(CO)N(S(=O)(=O)c2ccc(C(=O)N(C)CCc3ccccc3)cc2)C1. The van der Waals surface area contributed by atoms with Crippen molar-refractivity contribution in [2.75, 3.05) is 26.7 Å². The van der Waals surface area contributed by atoms with Crippen molar-refractivity contribution in [2.24, 2.45) is 0 Å². The molecule has 0 aliphatic carbocycles. The van der Waals surface area contributed by atoms with Gasteiger partial charge >= 0.3 is 0 Å². The maximum Gasteiger partial charge on any atom is 0.253 e. The molecular formula is C24H29N3O5S. The average Bonchev–Trinajstić information content (AvgIpc) is 3.26. The fourth-order valence-corrected chi connectivity index (χ4v) is 5.55. The highest BCUT2D eigenvalue weighted by molar-refractivity contribution is 7.89. The van der Waals surface area contributed by atoms with Gasteiger partial charge in [0, 0.05) is 31.7 Å². The monoisotopic (exact) mass is 471 g/mol. The first-order chi connectivity index (χ1) is 15.8. The van der Waals surface area contributed by atoms with Crippen molar-refractivity contribution in [2.45, 2.75) is 29.8 Å². The van der Waals surface area contributed by atoms with Crippen LogP contribution in [0.4, 0.5) is 0 Å². The Morgan fingerprint density at radius 2 is 1.85 bits per heavy atom. The van der Waals surface area contributed by atoms with E-state index in [1.165, 1.54) is 28.6 Å². The molecule has 1 aliphatic rings. The molecule has 3 rings (SSSR count). The van der Waals surface area contributed by atoms with Gasteiger partial charge in [-0.05, 0) is 48.7 Å². The van der Waals surface area contributed by atoms with E-state index < -0.39 is 28.0 Å². The Morgan fingerprint density at radius 3 is 2.45 bits per heavy atom. The minimum absolute atomic E-state index is 0.0279. The molecule has 2 N–H and O–H groups in total. The van der Waals surface area contributed by atoms with Crippen molar-refractivity contribution in [3.63, 3.8) is 0 Å². The van der Waals surface area contributed by atoms with Crippen LogP contribution in [-0.4, -0.2) is 73.4 Å². The van der Waals surface area contributed by atoms with Gasteiger partial charge in [0.1, 0.15) is 0 Å². The first-order valence-electron chi connectivity index (χ1n) is 10.7. The van der Waals surface area contributed by atoms with Crippen LogP contribution in [0.1, 0.15) is 22.3 Å². The van der Waals surface area contributed by atoms with Crippen LogP contribution in [0.3, 0.4) is 0 Å². The topological polar surface area (TPSA) is 107 Å². The predicted molar refractivity (Wildman–Crippen MR) is 125 cm³/mol. The van der Waals surface area contributed by atoms with Gasteiger partial charge in [0.2, 0.25) is 15.9 Å². The largest absolute Gasteiger partial charge is 0.395 e. The lowest BCUT2D eigenvalue weighted by Crippen LogP contribution is -2.39. The summed E-state index contributed by atoms with van der Waals surface area (Å²) in [5, 5.41) is 12.4. The van der Waals surface area contributed by atoms with E-state index in [1.54, 1.807) is 11.9 Å². The minimum atomic E-state index is -3.91. The molecule has 1 fully saturated rings. The van der Waals surface area contributed by atoms with Crippen LogP contribution in [0, 0.1) is 0 Å². The molecular weight excluding hydrogens is 442 g/mol. The van der Waals surface area contributed by atoms with Crippen molar-refractivity contribution in [1.29, 1.82) is 0 Å². The van der Waals surface area contributed by atoms with E-state index in [2.05, 4.69) is 11.9 Å². The van der Waals surface area contributed by atoms with E-state index in [1.807, 2.05) is 30.3 Å². The Kier molecular flexibility index (Phi) is 8.01. The van der Waals surface area contributed by atoms with Gasteiger partial charge in [-0.1, -0.05) is 36.9 Å². The third-order valence-electron chi connectivity index (χ3n) is 5.74. The van der Waals surface area contributed by atoms with Crippen molar-refractivity contribution < 1.29 is 23.1 Å². The molecule has 8 nitrogen and oxygen atoms in total. The number of carbonyl (C=O) groups is 2. The molecule has 1 aliphatic heterocycles. The second-order valence-corrected chi connectivity index (χ2v) is 9.93. The van der Waals surface area contributed by atoms with E-state index in [0.717, 1.165) is 18.1 Å². The van der Waals surface area contributed by atoms with Gasteiger partial charge in [0.15, 0.2) is 0 Å². The number of aliphatic hydroxyl groups excluding tert-OH is 1. The fourth-order valence-electron chi connectivity index (χ4n) is 3.88. The maximum atomic E-state index is 13.2. The van der Waals surface area contributed by atoms with Gasteiger partial charge in [-0.3, -0.25) is 9.59 Å². The smallest absolute Gasteiger partial charge is 0.253 e. The van der Waals surface area contributed by atoms with Crippen molar-refractivity contribution >= 4 is 21.8 Å². The zero-order valence-electron chi connectivity index (χ0n) is 18.6. The number of carbonyl (C=O) groups excluding carboxylic acids is 2. The van der Waals surface area contributed by atoms with E-state index >= 15 is 0 Å². The molecule has 176 valence electrons. The van der Waals surface area contributed by atoms with Crippen LogP contribution in [0.2, 0.25) is 0 Å². The number of aliphatic hydroxyl groups is 1. The molecule has 2 amide bonds. The molecule has 0 saturated carbocycles. The van der Waals surface area contributed by atoms with Gasteiger partial charge in [-0.25, -0.2) is 8.42 Å². The molecule has 9 heteroatoms. The van der Waals surface area contributed by atoms with E-state index in [-0.39, 0.29) is 24.0 Å². The summed E-state index contributed by atoms with van der Waals surface area (Å²) in [6.45, 7) is 3.62. The zero-order valence-corrected chi connectivity index (χ0v) is 19.4. The number of amides is 2. The van der Waals surface area contributed by atoms with Crippen LogP contribution in [-0.2, 0) is 21.2 Å². The molecule has 1 saturated heterocycles. The second kappa shape index (κ2) is 10.7. The molecule has 0 spiro atoms. The van der Waals surface area contributed by atoms with Crippen molar-refractivity contribution in [3.8, 4) is 0 Å². The molecule has 2 aromatic rings. The number of benzene rings is 2. The van der Waals surface area contributed by atoms with Gasteiger partial charge in [0.25, 0.3) is 5.91 Å². The number of nitrogens with zero attached hydrogens (tertiary/aromatic N) is 2. The fraction of sp³-hybridized carbons (Fsp3) is 0.333. The first-order valence-corrected chi connectivity index (χ1v) is 12.2. The summed E-state index contributed by atoms with van der Waals surface area (Å²) in [5.41, 5.74) is 1.52. The minimum Gasteiger partial charge on any atom is -0.395 e. The first kappa shape index (κ1) is 24.6. The highest BCUT2D eigenvalue weighted by Gasteiger charge is 2.40. The average molecular weight is 472 g/mol. The summed E-state index contributed by atoms with van der Waals surface area (Å²) in [6.07, 6.45) is 2.15. The molecule has 2 aromatic carbocycles. The van der Waals surface area contributed by atoms with E-state index in [0.29, 0.717) is 18.5 Å². The lowest BCUT2D eigenvalue weighted by Gasteiger charge is -2.22. The highest BCUT2D eigenvalue weighted by Crippen LogP contribution is 2.26. The lowest BCUT2D eigenvalue weighted by molar-refractivity contribution is -0.117. The summed E-state index contributed by atoms with van der Waals surface area (Å²) in [6, 6.07) is 14.6. The van der Waals surface area contributed by atoms with Crippen LogP contribution in [0.5, 0.6) is 0 Å². The van der Waals surface area contributed by atoms with Crippen LogP contribution in [0.15, 0.2) is 72.1 Å². The Balaban J connectivity index is 1.68. The molecule has 0 bridgehead atoms. The second-order valence-electron chi connectivity index (χ2n) is 8.04. The van der Waals surface area contributed by atoms with Crippen LogP contribution < -0.4 is 5.32 Å². The predicted octanol–water partition coefficient (Wildman–Crippen LogP) is 1.43. The zero-order chi connectivity index (χ0) is 24.0. The standard InChI is InChI=1S/C24H29N3O5S/c1-3-23(29)25-20-15-21(17-28)27(16-20)33(31,32)22-11-9-19(10-12-22)24(30)26(2)14-13-18-7-5-4-6-8-18/h3-12,20-21,28H,1,13-17H2,2H3,(H,25,29). The van der Waals surface area contributed by atoms with Crippen molar-refractivity contribution in [3.05, 3.63) is 78.4 Å². The highest BCUT2D eigenvalue weighted by atomic mass is 32.2. The molecule has 0 radical (unpaired) electrons. The maximum absolute atomic E-state index is 13.2. The van der Waals surface area contributed by atoms with Gasteiger partial charge in [-0.2, -0.15) is 4.31 Å². The summed E-state index contributed by atoms with van der Waals surface area (Å²) >= 11 is 0. The number of rotatable bonds is 9. The number of likely N-dealkylation sites (N-methyl/N-ethyl adjacent to an activating group) is 1. The van der Waals surface area contributed by atoms with Gasteiger partial charge < -0.3 is 15.3 Å². The normalized spacial score (nSPS) is 18.6. The van der Waals surface area contributed by atoms with E-state index in [4.69, 9.17) is 0 Å². The molecule has 0 aromatic heterocycles. The quantitative estimate of drug-likeness (QED) is 0.538. The molecule has 2 unspecified atom stereocenters. The Labute approximate surface area is 194 Å². The third-order valence-corrected chi connectivity index (χ3v) is 7.67. The third kappa shape index (κ3) is 5.87. The van der Waals surface area contributed by atoms with Crippen molar-refractivity contribution in [1.82, 2.24) is 14.5 Å². The summed E-state index contributed by atoms with van der Waals surface area (Å²) in [5.74, 6) is -0.591. The van der Waals surface area contributed by atoms with Crippen LogP contribution in [0.25, 0.3) is 0 Å². The number of hydrogen-bond donors (Lipinski definition) is 2. The van der Waals surface area contributed by atoms with Crippen LogP contribution >= 0.6 is 0 Å². The number of sulfonamides is 1. The Morgan fingerprint density at radius 1 is 1.18 bits per heavy atom. The Hall–Kier alpha value is -3.01. The summed E-state index contributed by atoms with van der Waals surface area (Å²) in [4.78, 5) is 25.9. The number of hydrogen-bond acceptors (Lipinski definition) is 5. The molecule has 1 heterocycles. The summed E-state index contributed by atoms with van der Waals surface area (Å²) in [7, 11) is -2.20. The number of nitrogens with one attached hydrogen (secondary N) is 1. The molecule has 33 heavy (non-hydrogen) atoms. The van der Waals surface area contributed by atoms with E-state index in [9.17, 15) is 23.1 Å². The summed E-state index contributed by atoms with van der Waals surface area (Å²) < 4.78 is 27.5. The van der Waals surface area contributed by atoms with Gasteiger partial charge in [-0.15, -0.1) is 0 Å². The van der Waals surface area contributed by atoms with Gasteiger partial charge in [0.05, 0.1) is 17.5 Å². The Bertz CT molecular complexity index is 1090. The lowest BCUT2D eigenvalue weighted by atomic mass is 10.1. The molecule has 2 atom stereocenters.